The monoisotopic (exact) mass is 293 g/mol. The molecule has 1 rings (SSSR count). The molecule has 0 aromatic heterocycles. The van der Waals surface area contributed by atoms with Gasteiger partial charge in [-0.25, -0.2) is 17.2 Å². The number of nitrogens with zero attached hydrogens (tertiary/aromatic N) is 1. The molecule has 0 saturated heterocycles. The molecule has 0 fully saturated rings. The van der Waals surface area contributed by atoms with Crippen molar-refractivity contribution >= 4 is 21.6 Å². The Morgan fingerprint density at radius 3 is 2.26 bits per heavy atom. The van der Waals surface area contributed by atoms with Gasteiger partial charge in [0.2, 0.25) is 15.9 Å². The number of benzene rings is 1. The molecule has 0 saturated carbocycles. The molecule has 0 aliphatic rings. The van der Waals surface area contributed by atoms with Crippen molar-refractivity contribution in [1.29, 1.82) is 0 Å². The van der Waals surface area contributed by atoms with E-state index in [1.165, 1.54) is 7.05 Å². The minimum absolute atomic E-state index is 0.233. The van der Waals surface area contributed by atoms with Gasteiger partial charge in [0.15, 0.2) is 4.90 Å². The van der Waals surface area contributed by atoms with Gasteiger partial charge in [-0.1, -0.05) is 0 Å². The second kappa shape index (κ2) is 5.49. The maximum absolute atomic E-state index is 13.6. The van der Waals surface area contributed by atoms with E-state index in [4.69, 9.17) is 5.73 Å². The largest absolute Gasteiger partial charge is 0.399 e. The fourth-order valence-corrected chi connectivity index (χ4v) is 2.56. The van der Waals surface area contributed by atoms with Gasteiger partial charge < -0.3 is 11.1 Å². The van der Waals surface area contributed by atoms with Gasteiger partial charge in [-0.15, -0.1) is 0 Å². The van der Waals surface area contributed by atoms with E-state index < -0.39 is 39.0 Å². The fourth-order valence-electron chi connectivity index (χ4n) is 1.35. The third-order valence-electron chi connectivity index (χ3n) is 2.33. The summed E-state index contributed by atoms with van der Waals surface area (Å²) in [5.41, 5.74) is 4.96. The predicted molar refractivity (Wildman–Crippen MR) is 64.7 cm³/mol. The number of amides is 1. The van der Waals surface area contributed by atoms with Gasteiger partial charge in [-0.2, -0.15) is 4.31 Å². The van der Waals surface area contributed by atoms with Crippen LogP contribution in [0.4, 0.5) is 14.5 Å². The summed E-state index contributed by atoms with van der Waals surface area (Å²) >= 11 is 0. The molecule has 0 heterocycles. The van der Waals surface area contributed by atoms with Crippen LogP contribution in [0, 0.1) is 11.6 Å². The summed E-state index contributed by atoms with van der Waals surface area (Å²) in [7, 11) is -2.10. The molecule has 0 radical (unpaired) electrons. The van der Waals surface area contributed by atoms with Crippen LogP contribution in [0.2, 0.25) is 0 Å². The first-order valence-corrected chi connectivity index (χ1v) is 6.55. The number of nitrogens with two attached hydrogens (primary N) is 1. The van der Waals surface area contributed by atoms with Crippen LogP contribution in [0.5, 0.6) is 0 Å². The van der Waals surface area contributed by atoms with Crippen LogP contribution in [0.1, 0.15) is 0 Å². The van der Waals surface area contributed by atoms with Crippen LogP contribution < -0.4 is 11.1 Å². The number of halogens is 2. The number of hydrogen-bond donors (Lipinski definition) is 2. The van der Waals surface area contributed by atoms with Crippen molar-refractivity contribution < 1.29 is 22.0 Å². The van der Waals surface area contributed by atoms with Gasteiger partial charge in [0.05, 0.1) is 6.54 Å². The molecule has 1 aromatic rings. The van der Waals surface area contributed by atoms with E-state index >= 15 is 0 Å². The van der Waals surface area contributed by atoms with E-state index in [0.717, 1.165) is 7.05 Å². The molecule has 0 unspecified atom stereocenters. The lowest BCUT2D eigenvalue weighted by Crippen LogP contribution is -2.37. The highest BCUT2D eigenvalue weighted by molar-refractivity contribution is 7.89. The molecule has 0 aliphatic heterocycles. The van der Waals surface area contributed by atoms with Gasteiger partial charge >= 0.3 is 0 Å². The Kier molecular flexibility index (Phi) is 4.43. The average Bonchev–Trinajstić information content (AvgIpc) is 2.26. The summed E-state index contributed by atoms with van der Waals surface area (Å²) in [5.74, 6) is -3.22. The molecule has 3 N–H and O–H groups in total. The highest BCUT2D eigenvalue weighted by atomic mass is 32.2. The van der Waals surface area contributed by atoms with Crippen LogP contribution >= 0.6 is 0 Å². The van der Waals surface area contributed by atoms with Gasteiger partial charge in [-0.3, -0.25) is 4.79 Å². The summed E-state index contributed by atoms with van der Waals surface area (Å²) in [6.07, 6.45) is 0. The van der Waals surface area contributed by atoms with Crippen LogP contribution in [-0.2, 0) is 14.8 Å². The smallest absolute Gasteiger partial charge is 0.249 e. The molecule has 19 heavy (non-hydrogen) atoms. The highest BCUT2D eigenvalue weighted by Crippen LogP contribution is 2.24. The molecule has 9 heteroatoms. The Balaban J connectivity index is 3.24. The molecule has 0 aliphatic carbocycles. The molecular formula is C10H13F2N3O3S. The Hall–Kier alpha value is -1.74. The quantitative estimate of drug-likeness (QED) is 0.759. The zero-order chi connectivity index (χ0) is 14.8. The normalized spacial score (nSPS) is 11.6. The Morgan fingerprint density at radius 2 is 1.84 bits per heavy atom. The Bertz CT molecular complexity index is 581. The van der Waals surface area contributed by atoms with Gasteiger partial charge in [0, 0.05) is 19.8 Å². The molecule has 1 amide bonds. The van der Waals surface area contributed by atoms with E-state index in [-0.39, 0.29) is 5.69 Å². The molecule has 1 aromatic carbocycles. The maximum atomic E-state index is 13.6. The number of rotatable bonds is 4. The molecule has 0 spiro atoms. The van der Waals surface area contributed by atoms with Crippen LogP contribution in [-0.4, -0.2) is 39.3 Å². The highest BCUT2D eigenvalue weighted by Gasteiger charge is 2.29. The van der Waals surface area contributed by atoms with E-state index in [2.05, 4.69) is 5.32 Å². The summed E-state index contributed by atoms with van der Waals surface area (Å²) in [6, 6.07) is 1.40. The third-order valence-corrected chi connectivity index (χ3v) is 4.19. The van der Waals surface area contributed by atoms with Gasteiger partial charge in [-0.05, 0) is 12.1 Å². The van der Waals surface area contributed by atoms with Gasteiger partial charge in [0.1, 0.15) is 11.6 Å². The summed E-state index contributed by atoms with van der Waals surface area (Å²) in [5, 5.41) is 2.21. The van der Waals surface area contributed by atoms with Crippen LogP contribution in [0.15, 0.2) is 17.0 Å². The lowest BCUT2D eigenvalue weighted by atomic mass is 10.3. The van der Waals surface area contributed by atoms with Crippen molar-refractivity contribution in [3.63, 3.8) is 0 Å². The van der Waals surface area contributed by atoms with Gasteiger partial charge in [0.25, 0.3) is 0 Å². The first-order chi connectivity index (χ1) is 8.70. The summed E-state index contributed by atoms with van der Waals surface area (Å²) < 4.78 is 51.6. The molecule has 106 valence electrons. The standard InChI is InChI=1S/C10H13F2N3O3S/c1-14-9(16)5-15(2)19(17,18)10-7(11)3-6(13)4-8(10)12/h3-4H,5,13H2,1-2H3,(H,14,16). The minimum Gasteiger partial charge on any atom is -0.399 e. The number of carbonyl (C=O) groups is 1. The van der Waals surface area contributed by atoms with Crippen molar-refractivity contribution in [2.45, 2.75) is 4.90 Å². The van der Waals surface area contributed by atoms with E-state index in [1.54, 1.807) is 0 Å². The summed E-state index contributed by atoms with van der Waals surface area (Å²) in [4.78, 5) is 9.97. The van der Waals surface area contributed by atoms with Crippen molar-refractivity contribution in [3.05, 3.63) is 23.8 Å². The summed E-state index contributed by atoms with van der Waals surface area (Å²) in [6.45, 7) is -0.553. The number of sulfonamides is 1. The number of anilines is 1. The average molecular weight is 293 g/mol. The lowest BCUT2D eigenvalue weighted by Gasteiger charge is -2.17. The van der Waals surface area contributed by atoms with Crippen LogP contribution in [0.3, 0.4) is 0 Å². The third kappa shape index (κ3) is 3.18. The van der Waals surface area contributed by atoms with Crippen molar-refractivity contribution in [1.82, 2.24) is 9.62 Å². The Labute approximate surface area is 109 Å². The van der Waals surface area contributed by atoms with E-state index in [1.807, 2.05) is 0 Å². The lowest BCUT2D eigenvalue weighted by molar-refractivity contribution is -0.120. The van der Waals surface area contributed by atoms with Crippen molar-refractivity contribution in [3.8, 4) is 0 Å². The zero-order valence-electron chi connectivity index (χ0n) is 10.3. The topological polar surface area (TPSA) is 92.5 Å². The molecule has 6 nitrogen and oxygen atoms in total. The van der Waals surface area contributed by atoms with E-state index in [0.29, 0.717) is 16.4 Å². The number of likely N-dealkylation sites (N-methyl/N-ethyl adjacent to an activating group) is 2. The fraction of sp³-hybridized carbons (Fsp3) is 0.300. The SMILES string of the molecule is CNC(=O)CN(C)S(=O)(=O)c1c(F)cc(N)cc1F. The Morgan fingerprint density at radius 1 is 1.37 bits per heavy atom. The molecule has 0 bridgehead atoms. The second-order valence-corrected chi connectivity index (χ2v) is 5.73. The first-order valence-electron chi connectivity index (χ1n) is 5.11. The number of nitrogen functional groups attached to an aromatic ring is 1. The van der Waals surface area contributed by atoms with Crippen molar-refractivity contribution in [2.24, 2.45) is 0 Å². The van der Waals surface area contributed by atoms with Crippen molar-refractivity contribution in [2.75, 3.05) is 26.4 Å². The van der Waals surface area contributed by atoms with E-state index in [9.17, 15) is 22.0 Å². The molecular weight excluding hydrogens is 280 g/mol. The number of hydrogen-bond acceptors (Lipinski definition) is 4. The first kappa shape index (κ1) is 15.3. The minimum atomic E-state index is -4.46. The molecule has 0 atom stereocenters. The number of carbonyl (C=O) groups excluding carboxylic acids is 1. The van der Waals surface area contributed by atoms with Crippen LogP contribution in [0.25, 0.3) is 0 Å². The maximum Gasteiger partial charge on any atom is 0.249 e. The number of nitrogens with one attached hydrogen (secondary N) is 1. The predicted octanol–water partition coefficient (Wildman–Crippen LogP) is -0.0865. The zero-order valence-corrected chi connectivity index (χ0v) is 11.1. The second-order valence-electron chi connectivity index (χ2n) is 3.75.